The van der Waals surface area contributed by atoms with Crippen molar-refractivity contribution in [3.05, 3.63) is 11.4 Å². The highest BCUT2D eigenvalue weighted by Crippen LogP contribution is 2.33. The van der Waals surface area contributed by atoms with Crippen LogP contribution in [0.4, 0.5) is 0 Å². The third-order valence-corrected chi connectivity index (χ3v) is 3.75. The summed E-state index contributed by atoms with van der Waals surface area (Å²) < 4.78 is 2.09. The van der Waals surface area contributed by atoms with Crippen LogP contribution < -0.4 is 0 Å². The van der Waals surface area contributed by atoms with Crippen LogP contribution in [0, 0.1) is 5.92 Å². The zero-order valence-electron chi connectivity index (χ0n) is 10.7. The Hall–Kier alpha value is -0.860. The molecule has 0 saturated heterocycles. The van der Waals surface area contributed by atoms with Crippen LogP contribution in [0.3, 0.4) is 0 Å². The van der Waals surface area contributed by atoms with Crippen LogP contribution in [-0.2, 0) is 13.0 Å². The number of hydrogen-bond acceptors (Lipinski definition) is 2. The molecule has 0 bridgehead atoms. The molecule has 0 fully saturated rings. The normalized spacial score (nSPS) is 21.6. The minimum atomic E-state index is 0.621. The number of fused-ring (bicyclic) bond motifs is 1. The molecule has 16 heavy (non-hydrogen) atoms. The Morgan fingerprint density at radius 1 is 1.31 bits per heavy atom. The summed E-state index contributed by atoms with van der Waals surface area (Å²) in [5, 5.41) is 8.74. The molecule has 1 heterocycles. The molecule has 0 N–H and O–H groups in total. The molecule has 1 aromatic rings. The number of nitrogens with zero attached hydrogens (tertiary/aromatic N) is 3. The molecule has 1 aromatic heterocycles. The number of aromatic nitrogens is 3. The van der Waals surface area contributed by atoms with Crippen LogP contribution in [0.1, 0.15) is 63.8 Å². The summed E-state index contributed by atoms with van der Waals surface area (Å²) in [6.45, 7) is 7.72. The van der Waals surface area contributed by atoms with E-state index < -0.39 is 0 Å². The average Bonchev–Trinajstić information content (AvgIpc) is 2.60. The summed E-state index contributed by atoms with van der Waals surface area (Å²) in [6.07, 6.45) is 6.45. The topological polar surface area (TPSA) is 30.7 Å². The lowest BCUT2D eigenvalue weighted by atomic mass is 9.84. The average molecular weight is 221 g/mol. The minimum Gasteiger partial charge on any atom is -0.249 e. The van der Waals surface area contributed by atoms with Crippen molar-refractivity contribution in [2.24, 2.45) is 5.92 Å². The Morgan fingerprint density at radius 2 is 2.12 bits per heavy atom. The predicted octanol–water partition coefficient (Wildman–Crippen LogP) is 3.15. The Bertz CT molecular complexity index is 341. The molecular formula is C13H23N3. The second-order valence-electron chi connectivity index (χ2n) is 5.19. The van der Waals surface area contributed by atoms with E-state index >= 15 is 0 Å². The van der Waals surface area contributed by atoms with Crippen LogP contribution in [0.25, 0.3) is 0 Å². The van der Waals surface area contributed by atoms with E-state index in [-0.39, 0.29) is 0 Å². The van der Waals surface area contributed by atoms with E-state index in [9.17, 15) is 0 Å². The highest BCUT2D eigenvalue weighted by molar-refractivity contribution is 5.17. The fraction of sp³-hybridized carbons (Fsp3) is 0.846. The van der Waals surface area contributed by atoms with Gasteiger partial charge in [-0.3, -0.25) is 0 Å². The van der Waals surface area contributed by atoms with Crippen molar-refractivity contribution in [3.63, 3.8) is 0 Å². The Labute approximate surface area is 98.2 Å². The predicted molar refractivity (Wildman–Crippen MR) is 65.4 cm³/mol. The standard InChI is InChI=1S/C13H23N3/c1-4-16-12-9-7-5-6-8-11(10(2)3)13(12)14-15-16/h10-11H,4-9H2,1-3H3. The number of rotatable bonds is 2. The third-order valence-electron chi connectivity index (χ3n) is 3.75. The maximum Gasteiger partial charge on any atom is 0.0892 e. The monoisotopic (exact) mass is 221 g/mol. The van der Waals surface area contributed by atoms with E-state index in [0.29, 0.717) is 11.8 Å². The molecule has 2 rings (SSSR count). The van der Waals surface area contributed by atoms with Gasteiger partial charge in [0.25, 0.3) is 0 Å². The van der Waals surface area contributed by atoms with Crippen molar-refractivity contribution in [1.29, 1.82) is 0 Å². The first-order chi connectivity index (χ1) is 7.74. The molecule has 1 unspecified atom stereocenters. The first-order valence-electron chi connectivity index (χ1n) is 6.66. The zero-order valence-corrected chi connectivity index (χ0v) is 10.7. The van der Waals surface area contributed by atoms with Gasteiger partial charge in [0.2, 0.25) is 0 Å². The summed E-state index contributed by atoms with van der Waals surface area (Å²) >= 11 is 0. The molecular weight excluding hydrogens is 198 g/mol. The molecule has 0 saturated carbocycles. The molecule has 0 aliphatic heterocycles. The summed E-state index contributed by atoms with van der Waals surface area (Å²) in [5.74, 6) is 1.30. The van der Waals surface area contributed by atoms with E-state index in [1.165, 1.54) is 43.5 Å². The lowest BCUT2D eigenvalue weighted by Gasteiger charge is -2.22. The highest BCUT2D eigenvalue weighted by Gasteiger charge is 2.25. The lowest BCUT2D eigenvalue weighted by molar-refractivity contribution is 0.422. The van der Waals surface area contributed by atoms with Crippen LogP contribution in [0.15, 0.2) is 0 Å². The maximum atomic E-state index is 4.44. The van der Waals surface area contributed by atoms with Crippen molar-refractivity contribution in [3.8, 4) is 0 Å². The Morgan fingerprint density at radius 3 is 2.81 bits per heavy atom. The fourth-order valence-electron chi connectivity index (χ4n) is 2.76. The van der Waals surface area contributed by atoms with Gasteiger partial charge in [-0.05, 0) is 32.1 Å². The molecule has 0 aromatic carbocycles. The maximum absolute atomic E-state index is 4.44. The van der Waals surface area contributed by atoms with Gasteiger partial charge in [0.05, 0.1) is 11.4 Å². The first-order valence-corrected chi connectivity index (χ1v) is 6.66. The van der Waals surface area contributed by atoms with Gasteiger partial charge in [0, 0.05) is 12.5 Å². The van der Waals surface area contributed by atoms with E-state index in [1.807, 2.05) is 0 Å². The van der Waals surface area contributed by atoms with Crippen molar-refractivity contribution < 1.29 is 0 Å². The largest absolute Gasteiger partial charge is 0.249 e. The first kappa shape index (κ1) is 11.6. The molecule has 3 heteroatoms. The van der Waals surface area contributed by atoms with Crippen molar-refractivity contribution in [1.82, 2.24) is 15.0 Å². The van der Waals surface area contributed by atoms with Gasteiger partial charge in [-0.25, -0.2) is 4.68 Å². The Kier molecular flexibility index (Phi) is 3.62. The Balaban J connectivity index is 2.35. The summed E-state index contributed by atoms with van der Waals surface area (Å²) in [4.78, 5) is 0. The van der Waals surface area contributed by atoms with Crippen molar-refractivity contribution in [2.45, 2.75) is 65.3 Å². The molecule has 1 atom stereocenters. The smallest absolute Gasteiger partial charge is 0.0892 e. The van der Waals surface area contributed by atoms with Crippen molar-refractivity contribution >= 4 is 0 Å². The fourth-order valence-corrected chi connectivity index (χ4v) is 2.76. The van der Waals surface area contributed by atoms with Gasteiger partial charge in [0.15, 0.2) is 0 Å². The van der Waals surface area contributed by atoms with Crippen LogP contribution in [0.5, 0.6) is 0 Å². The molecule has 0 radical (unpaired) electrons. The summed E-state index contributed by atoms with van der Waals surface area (Å²) in [6, 6.07) is 0. The second kappa shape index (κ2) is 4.98. The summed E-state index contributed by atoms with van der Waals surface area (Å²) in [5.41, 5.74) is 2.69. The third kappa shape index (κ3) is 2.13. The van der Waals surface area contributed by atoms with Gasteiger partial charge >= 0.3 is 0 Å². The van der Waals surface area contributed by atoms with Gasteiger partial charge in [-0.1, -0.05) is 31.9 Å². The van der Waals surface area contributed by atoms with E-state index in [0.717, 1.165) is 6.54 Å². The summed E-state index contributed by atoms with van der Waals surface area (Å²) in [7, 11) is 0. The zero-order chi connectivity index (χ0) is 11.5. The second-order valence-corrected chi connectivity index (χ2v) is 5.19. The quantitative estimate of drug-likeness (QED) is 0.768. The molecule has 90 valence electrons. The van der Waals surface area contributed by atoms with Crippen LogP contribution in [0.2, 0.25) is 0 Å². The van der Waals surface area contributed by atoms with Gasteiger partial charge in [-0.15, -0.1) is 5.10 Å². The number of aryl methyl sites for hydroxylation is 1. The molecule has 3 nitrogen and oxygen atoms in total. The molecule has 1 aliphatic carbocycles. The van der Waals surface area contributed by atoms with Crippen LogP contribution >= 0.6 is 0 Å². The SMILES string of the molecule is CCn1nnc2c1CCCCCC2C(C)C. The lowest BCUT2D eigenvalue weighted by Crippen LogP contribution is -2.13. The van der Waals surface area contributed by atoms with E-state index in [1.54, 1.807) is 0 Å². The molecule has 0 spiro atoms. The van der Waals surface area contributed by atoms with Gasteiger partial charge in [-0.2, -0.15) is 0 Å². The minimum absolute atomic E-state index is 0.621. The van der Waals surface area contributed by atoms with E-state index in [4.69, 9.17) is 0 Å². The van der Waals surface area contributed by atoms with Gasteiger partial charge in [0.1, 0.15) is 0 Å². The van der Waals surface area contributed by atoms with Gasteiger partial charge < -0.3 is 0 Å². The van der Waals surface area contributed by atoms with Crippen LogP contribution in [-0.4, -0.2) is 15.0 Å². The number of hydrogen-bond donors (Lipinski definition) is 0. The van der Waals surface area contributed by atoms with Crippen molar-refractivity contribution in [2.75, 3.05) is 0 Å². The van der Waals surface area contributed by atoms with E-state index in [2.05, 4.69) is 35.8 Å². The highest BCUT2D eigenvalue weighted by atomic mass is 15.4. The molecule has 1 aliphatic rings. The molecule has 0 amide bonds.